The number of hydrogen-bond acceptors (Lipinski definition) is 13. The molecule has 17 nitrogen and oxygen atoms in total. The van der Waals surface area contributed by atoms with E-state index in [4.69, 9.17) is 9.72 Å². The Labute approximate surface area is 285 Å². The lowest BCUT2D eigenvalue weighted by Crippen LogP contribution is -2.51. The number of H-pyrrole nitrogens is 1. The Hall–Kier alpha value is -5.23. The maximum atomic E-state index is 13.9. The van der Waals surface area contributed by atoms with Crippen LogP contribution in [0.15, 0.2) is 28.5 Å². The van der Waals surface area contributed by atoms with Gasteiger partial charge < -0.3 is 29.3 Å². The summed E-state index contributed by atoms with van der Waals surface area (Å²) >= 11 is 1.33. The van der Waals surface area contributed by atoms with Gasteiger partial charge in [0, 0.05) is 29.1 Å². The number of amides is 2. The maximum Gasteiger partial charge on any atom is 0.407 e. The lowest BCUT2D eigenvalue weighted by atomic mass is 9.93. The van der Waals surface area contributed by atoms with Crippen molar-refractivity contribution in [3.8, 4) is 0 Å². The third-order valence-electron chi connectivity index (χ3n) is 7.86. The van der Waals surface area contributed by atoms with Crippen molar-refractivity contribution in [2.24, 2.45) is 0 Å². The van der Waals surface area contributed by atoms with Gasteiger partial charge in [-0.15, -0.1) is 21.5 Å². The van der Waals surface area contributed by atoms with Crippen LogP contribution in [-0.4, -0.2) is 110 Å². The van der Waals surface area contributed by atoms with E-state index in [1.54, 1.807) is 20.2 Å². The van der Waals surface area contributed by atoms with Crippen LogP contribution in [0.1, 0.15) is 61.1 Å². The van der Waals surface area contributed by atoms with Gasteiger partial charge in [-0.05, 0) is 42.3 Å². The van der Waals surface area contributed by atoms with Crippen molar-refractivity contribution in [3.05, 3.63) is 56.7 Å². The summed E-state index contributed by atoms with van der Waals surface area (Å²) in [5.41, 5.74) is 1.09. The summed E-state index contributed by atoms with van der Waals surface area (Å²) < 4.78 is 7.18. The number of fused-ring (bicyclic) bond motifs is 1. The molecule has 1 fully saturated rings. The van der Waals surface area contributed by atoms with Gasteiger partial charge in [-0.25, -0.2) is 14.8 Å². The van der Waals surface area contributed by atoms with Crippen molar-refractivity contribution in [2.75, 3.05) is 57.0 Å². The lowest BCUT2D eigenvalue weighted by Gasteiger charge is -2.34. The molecule has 1 aliphatic heterocycles. The largest absolute Gasteiger partial charge is 0.544 e. The number of thiazole rings is 1. The number of aliphatic carboxylic acids is 1. The number of anilines is 2. The molecule has 1 atom stereocenters. The number of carboxylic acid groups (broad SMARTS) is 1. The summed E-state index contributed by atoms with van der Waals surface area (Å²) in [5.74, 6) is -0.967. The number of hydrogen-bond donors (Lipinski definition) is 3. The van der Waals surface area contributed by atoms with Gasteiger partial charge in [-0.1, -0.05) is 20.8 Å². The Kier molecular flexibility index (Phi) is 10.4. The highest BCUT2D eigenvalue weighted by Gasteiger charge is 2.27. The van der Waals surface area contributed by atoms with Crippen molar-refractivity contribution in [1.82, 2.24) is 40.3 Å². The van der Waals surface area contributed by atoms with Crippen molar-refractivity contribution < 1.29 is 28.7 Å². The molecule has 0 radical (unpaired) electrons. The Morgan fingerprint density at radius 1 is 1.22 bits per heavy atom. The average molecular weight is 694 g/mol. The number of aromatic amines is 1. The molecule has 0 spiro atoms. The standard InChI is InChI=1S/C31H39N11O6S/c1-31(2,3)22-18-49-29(33-22)35-27(45)19-10-13-41-24(15-19)34-26(21(28(41)46)8-9-23-36-38-39-37-23)40-12-6-7-20(16-40)48-30(47)32-11-14-42(4,5)17-25(43)44/h8-10,13,15,18,20H,6-7,11-12,14,16-17H2,1-5H3,(H3-,32,33,35,36,37,38,39,43,44,45,47)/t20-/m1/s1. The first kappa shape index (κ1) is 35.1. The molecule has 0 bridgehead atoms. The van der Waals surface area contributed by atoms with Gasteiger partial charge in [0.2, 0.25) is 0 Å². The Bertz CT molecular complexity index is 1910. The van der Waals surface area contributed by atoms with E-state index in [1.807, 2.05) is 31.1 Å². The zero-order valence-electron chi connectivity index (χ0n) is 27.9. The summed E-state index contributed by atoms with van der Waals surface area (Å²) in [5, 5.41) is 32.6. The van der Waals surface area contributed by atoms with Gasteiger partial charge in [0.25, 0.3) is 11.5 Å². The molecular formula is C31H39N11O6S. The number of ether oxygens (including phenoxy) is 1. The second kappa shape index (κ2) is 14.5. The molecule has 0 aromatic carbocycles. The van der Waals surface area contributed by atoms with Gasteiger partial charge in [-0.3, -0.25) is 19.3 Å². The number of nitrogens with one attached hydrogen (secondary N) is 3. The number of nitrogens with zero attached hydrogens (tertiary/aromatic N) is 8. The first-order chi connectivity index (χ1) is 23.2. The Balaban J connectivity index is 1.38. The third-order valence-corrected chi connectivity index (χ3v) is 8.61. The Morgan fingerprint density at radius 2 is 2.02 bits per heavy atom. The van der Waals surface area contributed by atoms with E-state index in [0.717, 1.165) is 5.69 Å². The maximum absolute atomic E-state index is 13.9. The van der Waals surface area contributed by atoms with Crippen LogP contribution in [0, 0.1) is 0 Å². The first-order valence-electron chi connectivity index (χ1n) is 15.6. The number of piperidine rings is 1. The number of carbonyl (C=O) groups is 3. The number of carboxylic acids is 1. The molecule has 49 heavy (non-hydrogen) atoms. The second-order valence-corrected chi connectivity index (χ2v) is 14.2. The number of quaternary nitrogens is 1. The highest BCUT2D eigenvalue weighted by Crippen LogP contribution is 2.27. The van der Waals surface area contributed by atoms with Gasteiger partial charge in [0.05, 0.1) is 51.0 Å². The van der Waals surface area contributed by atoms with Crippen LogP contribution in [0.4, 0.5) is 15.7 Å². The van der Waals surface area contributed by atoms with E-state index in [0.29, 0.717) is 42.4 Å². The van der Waals surface area contributed by atoms with Gasteiger partial charge in [0.1, 0.15) is 24.1 Å². The summed E-state index contributed by atoms with van der Waals surface area (Å²) in [6.07, 6.45) is 4.69. The number of likely N-dealkylation sites (N-methyl/N-ethyl adjacent to an activating group) is 1. The molecule has 1 saturated heterocycles. The number of tetrazole rings is 1. The zero-order chi connectivity index (χ0) is 35.3. The van der Waals surface area contributed by atoms with E-state index in [2.05, 4.69) is 36.2 Å². The van der Waals surface area contributed by atoms with Crippen LogP contribution in [0.25, 0.3) is 17.8 Å². The minimum Gasteiger partial charge on any atom is -0.544 e. The molecule has 18 heteroatoms. The first-order valence-corrected chi connectivity index (χ1v) is 16.5. The van der Waals surface area contributed by atoms with Gasteiger partial charge in [0.15, 0.2) is 11.0 Å². The quantitative estimate of drug-likeness (QED) is 0.187. The molecular weight excluding hydrogens is 654 g/mol. The molecule has 3 N–H and O–H groups in total. The third kappa shape index (κ3) is 9.02. The zero-order valence-corrected chi connectivity index (χ0v) is 28.7. The summed E-state index contributed by atoms with van der Waals surface area (Å²) in [4.78, 5) is 62.0. The van der Waals surface area contributed by atoms with Crippen LogP contribution in [0.5, 0.6) is 0 Å². The summed E-state index contributed by atoms with van der Waals surface area (Å²) in [6.45, 7) is 7.30. The number of alkyl carbamates (subject to hydrolysis) is 1. The van der Waals surface area contributed by atoms with E-state index < -0.39 is 24.1 Å². The van der Waals surface area contributed by atoms with Crippen LogP contribution < -0.4 is 26.2 Å². The molecule has 5 heterocycles. The predicted molar refractivity (Wildman–Crippen MR) is 180 cm³/mol. The molecule has 2 amide bonds. The van der Waals surface area contributed by atoms with Crippen LogP contribution >= 0.6 is 11.3 Å². The summed E-state index contributed by atoms with van der Waals surface area (Å²) in [6, 6.07) is 3.08. The van der Waals surface area contributed by atoms with Gasteiger partial charge >= 0.3 is 6.09 Å². The lowest BCUT2D eigenvalue weighted by molar-refractivity contribution is -0.883. The second-order valence-electron chi connectivity index (χ2n) is 13.4. The Morgan fingerprint density at radius 3 is 2.71 bits per heavy atom. The fourth-order valence-electron chi connectivity index (χ4n) is 5.22. The molecule has 260 valence electrons. The van der Waals surface area contributed by atoms with Crippen molar-refractivity contribution >= 4 is 58.1 Å². The highest BCUT2D eigenvalue weighted by atomic mass is 32.1. The molecule has 1 aliphatic rings. The number of pyridine rings is 1. The number of aromatic nitrogens is 7. The molecule has 0 aliphatic carbocycles. The van der Waals surface area contributed by atoms with Crippen LogP contribution in [0.2, 0.25) is 0 Å². The fourth-order valence-corrected chi connectivity index (χ4v) is 6.15. The van der Waals surface area contributed by atoms with Crippen LogP contribution in [-0.2, 0) is 14.9 Å². The SMILES string of the molecule is CC(C)(C)c1csc(NC(=O)c2ccn3c(=O)c(/C=C/c4nn[nH]n4)c(N4CCC[C@@H](OC(=O)NCC[N+](C)(C)CC(=O)[O-])C4)nc3c2)n1. The van der Waals surface area contributed by atoms with Crippen molar-refractivity contribution in [2.45, 2.75) is 45.1 Å². The normalized spacial score (nSPS) is 15.4. The minimum absolute atomic E-state index is 0.134. The number of carbonyl (C=O) groups excluding carboxylic acids is 3. The minimum atomic E-state index is -1.17. The fraction of sp³-hybridized carbons (Fsp3) is 0.452. The molecule has 0 unspecified atom stereocenters. The van der Waals surface area contributed by atoms with Crippen molar-refractivity contribution in [3.63, 3.8) is 0 Å². The molecule has 4 aromatic heterocycles. The smallest absolute Gasteiger partial charge is 0.407 e. The average Bonchev–Trinajstić information content (AvgIpc) is 3.72. The van der Waals surface area contributed by atoms with Crippen LogP contribution in [0.3, 0.4) is 0 Å². The summed E-state index contributed by atoms with van der Waals surface area (Å²) in [7, 11) is 3.45. The topological polar surface area (TPSA) is 213 Å². The molecule has 5 rings (SSSR count). The monoisotopic (exact) mass is 693 g/mol. The molecule has 4 aromatic rings. The van der Waals surface area contributed by atoms with Crippen molar-refractivity contribution in [1.29, 1.82) is 0 Å². The van der Waals surface area contributed by atoms with Gasteiger partial charge in [-0.2, -0.15) is 5.21 Å². The predicted octanol–water partition coefficient (Wildman–Crippen LogP) is 0.906. The van der Waals surface area contributed by atoms with E-state index >= 15 is 0 Å². The van der Waals surface area contributed by atoms with E-state index in [-0.39, 0.29) is 52.1 Å². The highest BCUT2D eigenvalue weighted by molar-refractivity contribution is 7.14. The van der Waals surface area contributed by atoms with E-state index in [9.17, 15) is 24.3 Å². The molecule has 0 saturated carbocycles. The number of rotatable bonds is 11. The van der Waals surface area contributed by atoms with E-state index in [1.165, 1.54) is 40.1 Å².